The Morgan fingerprint density at radius 1 is 1.56 bits per heavy atom. The van der Waals surface area contributed by atoms with Gasteiger partial charge < -0.3 is 5.11 Å². The molecule has 1 N–H and O–H groups in total. The molecular formula is C10H13ClN2O3. The molecule has 0 radical (unpaired) electrons. The van der Waals surface area contributed by atoms with Gasteiger partial charge in [-0.15, -0.1) is 0 Å². The first-order valence-electron chi connectivity index (χ1n) is 4.72. The van der Waals surface area contributed by atoms with Crippen LogP contribution in [0.2, 0.25) is 5.15 Å². The van der Waals surface area contributed by atoms with Crippen molar-refractivity contribution in [1.29, 1.82) is 0 Å². The topological polar surface area (TPSA) is 72.2 Å². The minimum absolute atomic E-state index is 0.0155. The van der Waals surface area contributed by atoms with Crippen LogP contribution in [-0.4, -0.2) is 20.6 Å². The Labute approximate surface area is 97.7 Å². The third-order valence-electron chi connectivity index (χ3n) is 1.97. The molecule has 1 aromatic rings. The van der Waals surface area contributed by atoms with Crippen molar-refractivity contribution in [2.24, 2.45) is 0 Å². The van der Waals surface area contributed by atoms with E-state index in [4.69, 9.17) is 16.7 Å². The molecule has 0 aliphatic rings. The maximum absolute atomic E-state index is 11.7. The van der Waals surface area contributed by atoms with Gasteiger partial charge in [0.25, 0.3) is 0 Å². The second-order valence-corrected chi connectivity index (χ2v) is 4.82. The van der Waals surface area contributed by atoms with E-state index in [1.807, 2.05) is 0 Å². The van der Waals surface area contributed by atoms with Crippen molar-refractivity contribution in [2.75, 3.05) is 0 Å². The lowest BCUT2D eigenvalue weighted by Gasteiger charge is -2.24. The predicted octanol–water partition coefficient (Wildman–Crippen LogP) is 1.28. The predicted molar refractivity (Wildman–Crippen MR) is 59.8 cm³/mol. The van der Waals surface area contributed by atoms with Crippen LogP contribution in [0.25, 0.3) is 0 Å². The van der Waals surface area contributed by atoms with Crippen LogP contribution < -0.4 is 5.69 Å². The monoisotopic (exact) mass is 244 g/mol. The Hall–Kier alpha value is -1.36. The summed E-state index contributed by atoms with van der Waals surface area (Å²) in [5, 5.41) is 8.78. The van der Waals surface area contributed by atoms with E-state index >= 15 is 0 Å². The molecule has 6 heteroatoms. The molecule has 16 heavy (non-hydrogen) atoms. The molecule has 0 amide bonds. The van der Waals surface area contributed by atoms with E-state index in [9.17, 15) is 9.59 Å². The average Bonchev–Trinajstić information content (AvgIpc) is 1.96. The Kier molecular flexibility index (Phi) is 3.38. The first kappa shape index (κ1) is 12.7. The maximum Gasteiger partial charge on any atom is 0.349 e. The zero-order valence-corrected chi connectivity index (χ0v) is 10.1. The summed E-state index contributed by atoms with van der Waals surface area (Å²) in [6.07, 6.45) is -0.255. The van der Waals surface area contributed by atoms with Crippen LogP contribution in [-0.2, 0) is 16.8 Å². The molecule has 88 valence electrons. The van der Waals surface area contributed by atoms with E-state index in [0.717, 1.165) is 0 Å². The van der Waals surface area contributed by atoms with Gasteiger partial charge >= 0.3 is 11.7 Å². The molecule has 0 bridgehead atoms. The summed E-state index contributed by atoms with van der Waals surface area (Å²) in [7, 11) is 0. The maximum atomic E-state index is 11.7. The highest BCUT2D eigenvalue weighted by atomic mass is 35.5. The van der Waals surface area contributed by atoms with Crippen LogP contribution in [0, 0.1) is 0 Å². The molecule has 0 aromatic carbocycles. The van der Waals surface area contributed by atoms with E-state index < -0.39 is 17.2 Å². The fourth-order valence-corrected chi connectivity index (χ4v) is 1.70. The van der Waals surface area contributed by atoms with Gasteiger partial charge in [0.1, 0.15) is 5.15 Å². The average molecular weight is 245 g/mol. The summed E-state index contributed by atoms with van der Waals surface area (Å²) in [6.45, 7) is 5.40. The second kappa shape index (κ2) is 4.25. The molecule has 1 aromatic heterocycles. The van der Waals surface area contributed by atoms with Crippen LogP contribution in [0.1, 0.15) is 26.5 Å². The molecule has 0 saturated heterocycles. The smallest absolute Gasteiger partial charge is 0.349 e. The summed E-state index contributed by atoms with van der Waals surface area (Å²) in [5.74, 6) is -1.01. The second-order valence-electron chi connectivity index (χ2n) is 4.43. The minimum atomic E-state index is -1.01. The molecular weight excluding hydrogens is 232 g/mol. The largest absolute Gasteiger partial charge is 0.481 e. The van der Waals surface area contributed by atoms with Crippen LogP contribution in [0.5, 0.6) is 0 Å². The van der Waals surface area contributed by atoms with Crippen molar-refractivity contribution in [1.82, 2.24) is 9.55 Å². The van der Waals surface area contributed by atoms with E-state index in [1.54, 1.807) is 20.8 Å². The van der Waals surface area contributed by atoms with Gasteiger partial charge in [0.15, 0.2) is 0 Å². The number of aliphatic carboxylic acids is 1. The lowest BCUT2D eigenvalue weighted by molar-refractivity contribution is -0.136. The van der Waals surface area contributed by atoms with Gasteiger partial charge in [-0.25, -0.2) is 4.79 Å². The number of halogens is 1. The first-order chi connectivity index (χ1) is 7.21. The van der Waals surface area contributed by atoms with E-state index in [-0.39, 0.29) is 11.6 Å². The molecule has 5 nitrogen and oxygen atoms in total. The lowest BCUT2D eigenvalue weighted by Crippen LogP contribution is -2.38. The number of aromatic nitrogens is 2. The van der Waals surface area contributed by atoms with Crippen LogP contribution in [0.3, 0.4) is 0 Å². The van der Waals surface area contributed by atoms with Gasteiger partial charge in [-0.3, -0.25) is 9.36 Å². The van der Waals surface area contributed by atoms with Crippen molar-refractivity contribution in [3.8, 4) is 0 Å². The van der Waals surface area contributed by atoms with Gasteiger partial charge in [0.05, 0.1) is 6.42 Å². The highest BCUT2D eigenvalue weighted by molar-refractivity contribution is 6.29. The van der Waals surface area contributed by atoms with E-state index in [2.05, 4.69) is 4.98 Å². The Balaban J connectivity index is 3.44. The molecule has 0 aliphatic heterocycles. The fraction of sp³-hybridized carbons (Fsp3) is 0.500. The molecule has 0 spiro atoms. The van der Waals surface area contributed by atoms with E-state index in [1.165, 1.54) is 10.6 Å². The van der Waals surface area contributed by atoms with Crippen molar-refractivity contribution >= 4 is 17.6 Å². The molecule has 0 saturated carbocycles. The van der Waals surface area contributed by atoms with E-state index in [0.29, 0.717) is 5.69 Å². The summed E-state index contributed by atoms with van der Waals surface area (Å²) in [5.41, 5.74) is -0.708. The van der Waals surface area contributed by atoms with Crippen molar-refractivity contribution in [2.45, 2.75) is 32.7 Å². The molecule has 0 atom stereocenters. The van der Waals surface area contributed by atoms with Gasteiger partial charge in [-0.05, 0) is 26.8 Å². The zero-order chi connectivity index (χ0) is 12.5. The highest BCUT2D eigenvalue weighted by Gasteiger charge is 2.21. The number of carboxylic acids is 1. The van der Waals surface area contributed by atoms with Gasteiger partial charge in [0, 0.05) is 11.2 Å². The molecule has 1 heterocycles. The van der Waals surface area contributed by atoms with Crippen LogP contribution in [0.4, 0.5) is 0 Å². The van der Waals surface area contributed by atoms with Crippen LogP contribution >= 0.6 is 11.6 Å². The fourth-order valence-electron chi connectivity index (χ4n) is 1.50. The van der Waals surface area contributed by atoms with Crippen LogP contribution in [0.15, 0.2) is 10.9 Å². The summed E-state index contributed by atoms with van der Waals surface area (Å²) in [4.78, 5) is 25.9. The third kappa shape index (κ3) is 2.82. The number of nitrogens with zero attached hydrogens (tertiary/aromatic N) is 2. The van der Waals surface area contributed by atoms with Crippen molar-refractivity contribution in [3.63, 3.8) is 0 Å². The van der Waals surface area contributed by atoms with Crippen molar-refractivity contribution < 1.29 is 9.90 Å². The molecule has 1 rings (SSSR count). The summed E-state index contributed by atoms with van der Waals surface area (Å²) < 4.78 is 1.34. The lowest BCUT2D eigenvalue weighted by atomic mass is 10.1. The summed E-state index contributed by atoms with van der Waals surface area (Å²) in [6, 6.07) is 1.41. The molecule has 0 fully saturated rings. The number of hydrogen-bond donors (Lipinski definition) is 1. The quantitative estimate of drug-likeness (QED) is 0.796. The Morgan fingerprint density at radius 2 is 2.12 bits per heavy atom. The Bertz CT molecular complexity index is 474. The highest BCUT2D eigenvalue weighted by Crippen LogP contribution is 2.16. The summed E-state index contributed by atoms with van der Waals surface area (Å²) >= 11 is 5.64. The molecule has 0 aliphatic carbocycles. The standard InChI is InChI=1S/C10H13ClN2O3/c1-10(2,3)13-6(5-8(14)15)4-7(11)12-9(13)16/h4H,5H2,1-3H3,(H,14,15). The number of rotatable bonds is 2. The molecule has 0 unspecified atom stereocenters. The zero-order valence-electron chi connectivity index (χ0n) is 9.32. The normalized spacial score (nSPS) is 11.5. The third-order valence-corrected chi connectivity index (χ3v) is 2.16. The van der Waals surface area contributed by atoms with Gasteiger partial charge in [-0.2, -0.15) is 4.98 Å². The van der Waals surface area contributed by atoms with Crippen molar-refractivity contribution in [3.05, 3.63) is 27.4 Å². The number of carbonyl (C=O) groups is 1. The first-order valence-corrected chi connectivity index (χ1v) is 5.10. The number of hydrogen-bond acceptors (Lipinski definition) is 3. The minimum Gasteiger partial charge on any atom is -0.481 e. The number of carboxylic acid groups (broad SMARTS) is 1. The SMILES string of the molecule is CC(C)(C)n1c(CC(=O)O)cc(Cl)nc1=O. The van der Waals surface area contributed by atoms with Gasteiger partial charge in [0.2, 0.25) is 0 Å². The van der Waals surface area contributed by atoms with Gasteiger partial charge in [-0.1, -0.05) is 11.6 Å². The Morgan fingerprint density at radius 3 is 2.56 bits per heavy atom.